The number of nitrogens with one attached hydrogen (secondary N) is 2. The van der Waals surface area contributed by atoms with Crippen molar-refractivity contribution in [2.75, 3.05) is 26.7 Å². The number of carbonyl (C=O) groups excluding carboxylic acids is 1. The lowest BCUT2D eigenvalue weighted by atomic mass is 10.0. The van der Waals surface area contributed by atoms with Crippen molar-refractivity contribution in [1.29, 1.82) is 0 Å². The fourth-order valence-electron chi connectivity index (χ4n) is 3.39. The summed E-state index contributed by atoms with van der Waals surface area (Å²) in [6.45, 7) is 2.65. The minimum Gasteiger partial charge on any atom is -0.496 e. The van der Waals surface area contributed by atoms with Gasteiger partial charge in [-0.2, -0.15) is 0 Å². The van der Waals surface area contributed by atoms with Gasteiger partial charge < -0.3 is 15.0 Å². The highest BCUT2D eigenvalue weighted by Crippen LogP contribution is 2.31. The van der Waals surface area contributed by atoms with E-state index in [4.69, 9.17) is 4.74 Å². The van der Waals surface area contributed by atoms with Crippen LogP contribution >= 0.6 is 15.9 Å². The third-order valence-corrected chi connectivity index (χ3v) is 5.14. The summed E-state index contributed by atoms with van der Waals surface area (Å²) in [4.78, 5) is 17.8. The number of nitrogens with zero attached hydrogens (tertiary/aromatic N) is 1. The Balaban J connectivity index is 1.77. The monoisotopic (exact) mass is 405 g/mol. The molecule has 2 heterocycles. The second-order valence-electron chi connectivity index (χ2n) is 6.30. The normalized spacial score (nSPS) is 16.4. The molecule has 1 amide bonds. The topological polar surface area (TPSA) is 57.4 Å². The minimum atomic E-state index is -0.0948. The molecule has 0 aliphatic carbocycles. The van der Waals surface area contributed by atoms with Gasteiger partial charge in [0.15, 0.2) is 0 Å². The molecule has 5 nitrogen and oxygen atoms in total. The number of benzene rings is 1. The molecule has 2 N–H and O–H groups in total. The van der Waals surface area contributed by atoms with Crippen molar-refractivity contribution in [3.8, 4) is 5.75 Å². The molecule has 1 fully saturated rings. The number of halogens is 1. The van der Waals surface area contributed by atoms with Crippen LogP contribution in [-0.2, 0) is 0 Å². The molecule has 134 valence electrons. The average molecular weight is 406 g/mol. The average Bonchev–Trinajstić information content (AvgIpc) is 3.09. The molecule has 6 heteroatoms. The van der Waals surface area contributed by atoms with Crippen LogP contribution in [0.25, 0.3) is 0 Å². The van der Waals surface area contributed by atoms with Crippen molar-refractivity contribution in [3.63, 3.8) is 0 Å². The van der Waals surface area contributed by atoms with Gasteiger partial charge in [-0.1, -0.05) is 24.6 Å². The van der Waals surface area contributed by atoms with Crippen LogP contribution in [0.4, 0.5) is 0 Å². The second-order valence-corrected chi connectivity index (χ2v) is 7.21. The highest BCUT2D eigenvalue weighted by molar-refractivity contribution is 9.10. The number of H-pyrrole nitrogens is 1. The van der Waals surface area contributed by atoms with E-state index in [9.17, 15) is 4.79 Å². The molecular weight excluding hydrogens is 382 g/mol. The largest absolute Gasteiger partial charge is 0.496 e. The van der Waals surface area contributed by atoms with Crippen molar-refractivity contribution >= 4 is 21.8 Å². The van der Waals surface area contributed by atoms with Crippen LogP contribution in [0.5, 0.6) is 5.75 Å². The summed E-state index contributed by atoms with van der Waals surface area (Å²) >= 11 is 3.36. The third-order valence-electron chi connectivity index (χ3n) is 4.68. The van der Waals surface area contributed by atoms with Crippen LogP contribution in [0, 0.1) is 0 Å². The standard InChI is InChI=1S/C19H24BrN3O2/c1-25-18-8-4-3-7-15(18)17(23-9-5-2-6-10-23)13-22-19(24)16-11-14(20)12-21-16/h3-4,7-8,11-12,17,21H,2,5-6,9-10,13H2,1H3,(H,22,24). The maximum atomic E-state index is 12.4. The van der Waals surface area contributed by atoms with E-state index < -0.39 is 0 Å². The number of aromatic amines is 1. The summed E-state index contributed by atoms with van der Waals surface area (Å²) < 4.78 is 6.43. The lowest BCUT2D eigenvalue weighted by Gasteiger charge is -2.35. The van der Waals surface area contributed by atoms with Gasteiger partial charge in [0, 0.05) is 22.8 Å². The van der Waals surface area contributed by atoms with E-state index in [1.54, 1.807) is 19.4 Å². The highest BCUT2D eigenvalue weighted by Gasteiger charge is 2.25. The van der Waals surface area contributed by atoms with Crippen LogP contribution in [0.2, 0.25) is 0 Å². The summed E-state index contributed by atoms with van der Waals surface area (Å²) in [5.41, 5.74) is 1.68. The van der Waals surface area contributed by atoms with Crippen molar-refractivity contribution in [2.45, 2.75) is 25.3 Å². The number of amides is 1. The number of hydrogen-bond donors (Lipinski definition) is 2. The van der Waals surface area contributed by atoms with Gasteiger partial charge in [-0.15, -0.1) is 0 Å². The SMILES string of the molecule is COc1ccccc1C(CNC(=O)c1cc(Br)c[nH]1)N1CCCCC1. The molecule has 1 atom stereocenters. The number of methoxy groups -OCH3 is 1. The number of hydrogen-bond acceptors (Lipinski definition) is 3. The zero-order valence-electron chi connectivity index (χ0n) is 14.4. The zero-order chi connectivity index (χ0) is 17.6. The van der Waals surface area contributed by atoms with Crippen molar-refractivity contribution in [1.82, 2.24) is 15.2 Å². The van der Waals surface area contributed by atoms with Gasteiger partial charge in [-0.3, -0.25) is 9.69 Å². The smallest absolute Gasteiger partial charge is 0.267 e. The lowest BCUT2D eigenvalue weighted by molar-refractivity contribution is 0.0919. The van der Waals surface area contributed by atoms with Gasteiger partial charge in [0.2, 0.25) is 0 Å². The summed E-state index contributed by atoms with van der Waals surface area (Å²) in [5, 5.41) is 3.07. The van der Waals surface area contributed by atoms with E-state index >= 15 is 0 Å². The molecular formula is C19H24BrN3O2. The van der Waals surface area contributed by atoms with E-state index in [1.165, 1.54) is 19.3 Å². The molecule has 0 saturated carbocycles. The molecule has 0 spiro atoms. The van der Waals surface area contributed by atoms with Gasteiger partial charge in [-0.25, -0.2) is 0 Å². The predicted molar refractivity (Wildman–Crippen MR) is 102 cm³/mol. The van der Waals surface area contributed by atoms with Gasteiger partial charge in [0.25, 0.3) is 5.91 Å². The number of para-hydroxylation sites is 1. The first kappa shape index (κ1) is 18.0. The predicted octanol–water partition coefficient (Wildman–Crippen LogP) is 3.74. The van der Waals surface area contributed by atoms with E-state index in [0.717, 1.165) is 28.9 Å². The van der Waals surface area contributed by atoms with Gasteiger partial charge in [0.1, 0.15) is 11.4 Å². The quantitative estimate of drug-likeness (QED) is 0.769. The zero-order valence-corrected chi connectivity index (χ0v) is 16.0. The molecule has 0 bridgehead atoms. The fraction of sp³-hybridized carbons (Fsp3) is 0.421. The van der Waals surface area contributed by atoms with Crippen LogP contribution in [0.3, 0.4) is 0 Å². The first-order valence-electron chi connectivity index (χ1n) is 8.68. The molecule has 1 aromatic carbocycles. The first-order valence-corrected chi connectivity index (χ1v) is 9.47. The van der Waals surface area contributed by atoms with Gasteiger partial charge in [0.05, 0.1) is 13.2 Å². The number of piperidine rings is 1. The molecule has 25 heavy (non-hydrogen) atoms. The van der Waals surface area contributed by atoms with E-state index in [1.807, 2.05) is 18.2 Å². The van der Waals surface area contributed by atoms with Gasteiger partial charge in [-0.05, 0) is 54.0 Å². The summed E-state index contributed by atoms with van der Waals surface area (Å²) in [7, 11) is 1.70. The molecule has 1 aliphatic heterocycles. The summed E-state index contributed by atoms with van der Waals surface area (Å²) in [6.07, 6.45) is 5.43. The summed E-state index contributed by atoms with van der Waals surface area (Å²) in [6, 6.07) is 9.97. The van der Waals surface area contributed by atoms with Crippen molar-refractivity contribution in [2.24, 2.45) is 0 Å². The molecule has 1 aliphatic rings. The molecule has 1 unspecified atom stereocenters. The number of carbonyl (C=O) groups is 1. The fourth-order valence-corrected chi connectivity index (χ4v) is 3.73. The molecule has 0 radical (unpaired) electrons. The summed E-state index contributed by atoms with van der Waals surface area (Å²) in [5.74, 6) is 0.776. The van der Waals surface area contributed by atoms with Crippen LogP contribution in [0.1, 0.15) is 41.4 Å². The first-order chi connectivity index (χ1) is 12.2. The van der Waals surface area contributed by atoms with Crippen LogP contribution < -0.4 is 10.1 Å². The highest BCUT2D eigenvalue weighted by atomic mass is 79.9. The van der Waals surface area contributed by atoms with Crippen LogP contribution in [-0.4, -0.2) is 42.5 Å². The van der Waals surface area contributed by atoms with Crippen LogP contribution in [0.15, 0.2) is 41.0 Å². The Hall–Kier alpha value is -1.79. The number of ether oxygens (including phenoxy) is 1. The van der Waals surface area contributed by atoms with Crippen molar-refractivity contribution < 1.29 is 9.53 Å². The third kappa shape index (κ3) is 4.44. The number of rotatable bonds is 6. The van der Waals surface area contributed by atoms with Gasteiger partial charge >= 0.3 is 0 Å². The Morgan fingerprint density at radius 1 is 1.32 bits per heavy atom. The Labute approximate surface area is 156 Å². The Morgan fingerprint density at radius 2 is 2.08 bits per heavy atom. The minimum absolute atomic E-state index is 0.0948. The molecule has 1 aromatic heterocycles. The Bertz CT molecular complexity index is 710. The maximum absolute atomic E-state index is 12.4. The van der Waals surface area contributed by atoms with E-state index in [2.05, 4.69) is 37.2 Å². The van der Waals surface area contributed by atoms with E-state index in [0.29, 0.717) is 12.2 Å². The van der Waals surface area contributed by atoms with Crippen molar-refractivity contribution in [3.05, 3.63) is 52.3 Å². The second kappa shape index (κ2) is 8.54. The molecule has 1 saturated heterocycles. The molecule has 2 aromatic rings. The Kier molecular flexibility index (Phi) is 6.15. The van der Waals surface area contributed by atoms with E-state index in [-0.39, 0.29) is 11.9 Å². The molecule has 3 rings (SSSR count). The number of likely N-dealkylation sites (tertiary alicyclic amines) is 1. The Morgan fingerprint density at radius 3 is 2.76 bits per heavy atom. The lowest BCUT2D eigenvalue weighted by Crippen LogP contribution is -2.40. The number of aromatic nitrogens is 1. The maximum Gasteiger partial charge on any atom is 0.267 e.